The van der Waals surface area contributed by atoms with Crippen LogP contribution in [0, 0.1) is 0 Å². The first-order valence-corrected chi connectivity index (χ1v) is 8.17. The normalized spacial score (nSPS) is 20.6. The maximum Gasteiger partial charge on any atom is 0.274 e. The minimum atomic E-state index is -0.530. The molecule has 1 aromatic heterocycles. The Bertz CT molecular complexity index is 726. The highest BCUT2D eigenvalue weighted by Crippen LogP contribution is 2.34. The standard InChI is InChI=1S/C18H23N3O3/c1-12(2)21-8-7-16(19-21)18(23)20-11-14(22)10-17(20)13-5-4-6-15(9-13)24-3/h4-9,12,14,17,22H,10-11H2,1-3H3/t14-,17-/m0/s1. The van der Waals surface area contributed by atoms with Crippen LogP contribution in [0.15, 0.2) is 36.5 Å². The SMILES string of the molecule is COc1cccc([C@@H]2C[C@H](O)CN2C(=O)c2ccn(C(C)C)n2)c1. The molecule has 6 heteroatoms. The first kappa shape index (κ1) is 16.5. The molecule has 1 saturated heterocycles. The van der Waals surface area contributed by atoms with Crippen molar-refractivity contribution < 1.29 is 14.6 Å². The predicted octanol–water partition coefficient (Wildman–Crippen LogP) is 2.42. The van der Waals surface area contributed by atoms with Crippen LogP contribution in [-0.2, 0) is 0 Å². The molecule has 2 atom stereocenters. The molecule has 1 aliphatic rings. The number of rotatable bonds is 4. The molecule has 24 heavy (non-hydrogen) atoms. The van der Waals surface area contributed by atoms with Crippen molar-refractivity contribution in [2.75, 3.05) is 13.7 Å². The number of aromatic nitrogens is 2. The zero-order chi connectivity index (χ0) is 17.3. The Morgan fingerprint density at radius 1 is 1.38 bits per heavy atom. The number of carbonyl (C=O) groups is 1. The van der Waals surface area contributed by atoms with Gasteiger partial charge in [-0.25, -0.2) is 0 Å². The Hall–Kier alpha value is -2.34. The van der Waals surface area contributed by atoms with E-state index in [1.54, 1.807) is 22.8 Å². The van der Waals surface area contributed by atoms with Gasteiger partial charge in [0.25, 0.3) is 5.91 Å². The summed E-state index contributed by atoms with van der Waals surface area (Å²) in [6.45, 7) is 4.34. The van der Waals surface area contributed by atoms with Crippen molar-refractivity contribution in [3.05, 3.63) is 47.8 Å². The highest BCUT2D eigenvalue weighted by atomic mass is 16.5. The van der Waals surface area contributed by atoms with Crippen LogP contribution in [0.3, 0.4) is 0 Å². The van der Waals surface area contributed by atoms with Gasteiger partial charge in [-0.05, 0) is 44.0 Å². The second-order valence-electron chi connectivity index (χ2n) is 6.41. The van der Waals surface area contributed by atoms with Gasteiger partial charge < -0.3 is 14.7 Å². The van der Waals surface area contributed by atoms with E-state index in [0.717, 1.165) is 11.3 Å². The van der Waals surface area contributed by atoms with Crippen LogP contribution in [0.2, 0.25) is 0 Å². The molecule has 1 aromatic carbocycles. The molecule has 0 unspecified atom stereocenters. The van der Waals surface area contributed by atoms with Crippen LogP contribution in [0.25, 0.3) is 0 Å². The van der Waals surface area contributed by atoms with Crippen LogP contribution >= 0.6 is 0 Å². The maximum absolute atomic E-state index is 12.9. The molecule has 1 fully saturated rings. The number of β-amino-alcohol motifs (C(OH)–C–C–N with tert-alkyl or cyclic N) is 1. The van der Waals surface area contributed by atoms with E-state index in [1.165, 1.54) is 0 Å². The van der Waals surface area contributed by atoms with Gasteiger partial charge in [0, 0.05) is 18.8 Å². The molecular weight excluding hydrogens is 306 g/mol. The fourth-order valence-electron chi connectivity index (χ4n) is 3.09. The average molecular weight is 329 g/mol. The summed E-state index contributed by atoms with van der Waals surface area (Å²) in [6, 6.07) is 9.39. The Morgan fingerprint density at radius 2 is 2.17 bits per heavy atom. The Labute approximate surface area is 141 Å². The highest BCUT2D eigenvalue weighted by Gasteiger charge is 2.36. The van der Waals surface area contributed by atoms with Crippen molar-refractivity contribution in [3.8, 4) is 5.75 Å². The zero-order valence-corrected chi connectivity index (χ0v) is 14.2. The van der Waals surface area contributed by atoms with E-state index in [1.807, 2.05) is 44.3 Å². The lowest BCUT2D eigenvalue weighted by molar-refractivity contribution is 0.0708. The van der Waals surface area contributed by atoms with Crippen LogP contribution < -0.4 is 4.74 Å². The molecule has 3 rings (SSSR count). The van der Waals surface area contributed by atoms with Gasteiger partial charge in [0.05, 0.1) is 19.3 Å². The lowest BCUT2D eigenvalue weighted by Crippen LogP contribution is -2.32. The van der Waals surface area contributed by atoms with Gasteiger partial charge in [0.15, 0.2) is 0 Å². The molecule has 6 nitrogen and oxygen atoms in total. The molecule has 0 radical (unpaired) electrons. The van der Waals surface area contributed by atoms with Crippen LogP contribution in [0.5, 0.6) is 5.75 Å². The van der Waals surface area contributed by atoms with E-state index in [9.17, 15) is 9.90 Å². The van der Waals surface area contributed by atoms with E-state index in [4.69, 9.17) is 4.74 Å². The third-order valence-electron chi connectivity index (χ3n) is 4.37. The lowest BCUT2D eigenvalue weighted by atomic mass is 10.0. The summed E-state index contributed by atoms with van der Waals surface area (Å²) < 4.78 is 7.03. The molecule has 1 amide bonds. The van der Waals surface area contributed by atoms with Gasteiger partial charge in [-0.15, -0.1) is 0 Å². The Morgan fingerprint density at radius 3 is 2.83 bits per heavy atom. The predicted molar refractivity (Wildman–Crippen MR) is 90.0 cm³/mol. The summed E-state index contributed by atoms with van der Waals surface area (Å²) in [5, 5.41) is 14.5. The largest absolute Gasteiger partial charge is 0.497 e. The van der Waals surface area contributed by atoms with Gasteiger partial charge in [-0.2, -0.15) is 5.10 Å². The van der Waals surface area contributed by atoms with Crippen molar-refractivity contribution in [2.24, 2.45) is 0 Å². The fraction of sp³-hybridized carbons (Fsp3) is 0.444. The van der Waals surface area contributed by atoms with Crippen LogP contribution in [0.4, 0.5) is 0 Å². The van der Waals surface area contributed by atoms with Gasteiger partial charge in [0.2, 0.25) is 0 Å². The van der Waals surface area contributed by atoms with E-state index < -0.39 is 6.10 Å². The summed E-state index contributed by atoms with van der Waals surface area (Å²) in [7, 11) is 1.62. The number of hydrogen-bond acceptors (Lipinski definition) is 4. The highest BCUT2D eigenvalue weighted by molar-refractivity contribution is 5.92. The molecule has 1 N–H and O–H groups in total. The monoisotopic (exact) mass is 329 g/mol. The number of benzene rings is 1. The molecule has 1 aliphatic heterocycles. The number of aliphatic hydroxyl groups is 1. The minimum Gasteiger partial charge on any atom is -0.497 e. The number of likely N-dealkylation sites (tertiary alicyclic amines) is 1. The number of amides is 1. The van der Waals surface area contributed by atoms with E-state index in [0.29, 0.717) is 18.7 Å². The van der Waals surface area contributed by atoms with E-state index >= 15 is 0 Å². The van der Waals surface area contributed by atoms with Gasteiger partial charge >= 0.3 is 0 Å². The van der Waals surface area contributed by atoms with E-state index in [-0.39, 0.29) is 18.0 Å². The first-order valence-electron chi connectivity index (χ1n) is 8.17. The number of hydrogen-bond donors (Lipinski definition) is 1. The third-order valence-corrected chi connectivity index (χ3v) is 4.37. The summed E-state index contributed by atoms with van der Waals surface area (Å²) in [6.07, 6.45) is 1.80. The number of carbonyl (C=O) groups excluding carboxylic acids is 1. The first-order chi connectivity index (χ1) is 11.5. The van der Waals surface area contributed by atoms with Crippen molar-refractivity contribution in [2.45, 2.75) is 38.5 Å². The van der Waals surface area contributed by atoms with E-state index in [2.05, 4.69) is 5.10 Å². The average Bonchev–Trinajstić information content (AvgIpc) is 3.21. The molecule has 0 bridgehead atoms. The minimum absolute atomic E-state index is 0.154. The van der Waals surface area contributed by atoms with Crippen molar-refractivity contribution in [3.63, 3.8) is 0 Å². The van der Waals surface area contributed by atoms with Gasteiger partial charge in [-0.3, -0.25) is 9.48 Å². The topological polar surface area (TPSA) is 67.6 Å². The second kappa shape index (κ2) is 6.65. The molecule has 0 aliphatic carbocycles. The number of methoxy groups -OCH3 is 1. The fourth-order valence-corrected chi connectivity index (χ4v) is 3.09. The summed E-state index contributed by atoms with van der Waals surface area (Å²) in [5.74, 6) is 0.587. The van der Waals surface area contributed by atoms with Crippen molar-refractivity contribution in [1.29, 1.82) is 0 Å². The third kappa shape index (κ3) is 3.14. The Kier molecular flexibility index (Phi) is 4.57. The van der Waals surface area contributed by atoms with Crippen LogP contribution in [-0.4, -0.2) is 45.5 Å². The molecule has 0 spiro atoms. The molecule has 0 saturated carbocycles. The lowest BCUT2D eigenvalue weighted by Gasteiger charge is -2.24. The van der Waals surface area contributed by atoms with Gasteiger partial charge in [0.1, 0.15) is 11.4 Å². The van der Waals surface area contributed by atoms with Crippen molar-refractivity contribution >= 4 is 5.91 Å². The maximum atomic E-state index is 12.9. The molecular formula is C18H23N3O3. The van der Waals surface area contributed by atoms with Gasteiger partial charge in [-0.1, -0.05) is 12.1 Å². The number of ether oxygens (including phenoxy) is 1. The Balaban J connectivity index is 1.87. The smallest absolute Gasteiger partial charge is 0.274 e. The number of aliphatic hydroxyl groups excluding tert-OH is 1. The quantitative estimate of drug-likeness (QED) is 0.935. The second-order valence-corrected chi connectivity index (χ2v) is 6.41. The molecule has 128 valence electrons. The number of nitrogens with zero attached hydrogens (tertiary/aromatic N) is 3. The summed E-state index contributed by atoms with van der Waals surface area (Å²) >= 11 is 0. The summed E-state index contributed by atoms with van der Waals surface area (Å²) in [4.78, 5) is 14.6. The molecule has 2 aromatic rings. The van der Waals surface area contributed by atoms with Crippen LogP contribution in [0.1, 0.15) is 48.4 Å². The zero-order valence-electron chi connectivity index (χ0n) is 14.2. The van der Waals surface area contributed by atoms with Crippen molar-refractivity contribution in [1.82, 2.24) is 14.7 Å². The molecule has 2 heterocycles. The summed E-state index contributed by atoms with van der Waals surface area (Å²) in [5.41, 5.74) is 1.37.